The zero-order valence-electron chi connectivity index (χ0n) is 19.5. The number of carbonyl (C=O) groups excluding carboxylic acids is 1. The third-order valence-corrected chi connectivity index (χ3v) is 5.97. The molecule has 0 bridgehead atoms. The van der Waals surface area contributed by atoms with E-state index in [2.05, 4.69) is 30.5 Å². The molecule has 3 N–H and O–H groups in total. The highest BCUT2D eigenvalue weighted by Gasteiger charge is 2.18. The maximum absolute atomic E-state index is 14.2. The minimum atomic E-state index is -0.489. The van der Waals surface area contributed by atoms with E-state index in [-0.39, 0.29) is 11.5 Å². The Morgan fingerprint density at radius 2 is 1.97 bits per heavy atom. The summed E-state index contributed by atoms with van der Waals surface area (Å²) in [4.78, 5) is 27.4. The summed E-state index contributed by atoms with van der Waals surface area (Å²) in [5.74, 6) is -0.159. The maximum atomic E-state index is 14.2. The molecule has 0 spiro atoms. The number of carbonyl (C=O) groups is 1. The van der Waals surface area contributed by atoms with Gasteiger partial charge in [-0.2, -0.15) is 4.98 Å². The number of hydrogen-bond donors (Lipinski definition) is 3. The Kier molecular flexibility index (Phi) is 6.69. The van der Waals surface area contributed by atoms with E-state index in [4.69, 9.17) is 4.74 Å². The van der Waals surface area contributed by atoms with E-state index >= 15 is 0 Å². The Bertz CT molecular complexity index is 1330. The summed E-state index contributed by atoms with van der Waals surface area (Å²) < 4.78 is 19.6. The summed E-state index contributed by atoms with van der Waals surface area (Å²) in [5.41, 5.74) is 3.67. The molecule has 0 atom stereocenters. The van der Waals surface area contributed by atoms with Gasteiger partial charge in [0.05, 0.1) is 18.8 Å². The van der Waals surface area contributed by atoms with Gasteiger partial charge in [0, 0.05) is 54.5 Å². The molecule has 1 fully saturated rings. The van der Waals surface area contributed by atoms with Crippen LogP contribution in [0.25, 0.3) is 10.9 Å². The first-order chi connectivity index (χ1) is 17.0. The summed E-state index contributed by atoms with van der Waals surface area (Å²) in [7, 11) is 0. The minimum Gasteiger partial charge on any atom is -0.379 e. The Labute approximate surface area is 202 Å². The number of halogens is 1. The van der Waals surface area contributed by atoms with Gasteiger partial charge in [0.25, 0.3) is 5.91 Å². The predicted molar refractivity (Wildman–Crippen MR) is 133 cm³/mol. The number of aromatic nitrogens is 3. The van der Waals surface area contributed by atoms with Crippen molar-refractivity contribution in [3.8, 4) is 0 Å². The number of H-pyrrole nitrogens is 1. The lowest BCUT2D eigenvalue weighted by Crippen LogP contribution is -2.36. The summed E-state index contributed by atoms with van der Waals surface area (Å²) in [6.45, 7) is 6.17. The number of rotatable bonds is 7. The van der Waals surface area contributed by atoms with Crippen LogP contribution in [-0.2, 0) is 17.8 Å². The molecule has 3 heterocycles. The Balaban J connectivity index is 1.40. The molecule has 5 rings (SSSR count). The predicted octanol–water partition coefficient (Wildman–Crippen LogP) is 4.10. The topological polar surface area (TPSA) is 95.2 Å². The fourth-order valence-corrected chi connectivity index (χ4v) is 4.22. The molecule has 8 nitrogen and oxygen atoms in total. The van der Waals surface area contributed by atoms with Crippen molar-refractivity contribution in [2.24, 2.45) is 0 Å². The highest BCUT2D eigenvalue weighted by atomic mass is 19.1. The first-order valence-corrected chi connectivity index (χ1v) is 11.6. The van der Waals surface area contributed by atoms with Crippen molar-refractivity contribution in [3.05, 3.63) is 82.9 Å². The molecule has 0 radical (unpaired) electrons. The number of fused-ring (bicyclic) bond motifs is 1. The first-order valence-electron chi connectivity index (χ1n) is 11.6. The van der Waals surface area contributed by atoms with Gasteiger partial charge in [-0.15, -0.1) is 0 Å². The second-order valence-electron chi connectivity index (χ2n) is 8.62. The van der Waals surface area contributed by atoms with Crippen LogP contribution in [0.15, 0.2) is 54.7 Å². The van der Waals surface area contributed by atoms with E-state index in [1.165, 1.54) is 12.1 Å². The minimum absolute atomic E-state index is 0.154. The normalized spacial score (nSPS) is 14.2. The van der Waals surface area contributed by atoms with Crippen LogP contribution in [0.3, 0.4) is 0 Å². The Morgan fingerprint density at radius 1 is 1.17 bits per heavy atom. The van der Waals surface area contributed by atoms with Gasteiger partial charge in [-0.3, -0.25) is 15.0 Å². The maximum Gasteiger partial charge on any atom is 0.258 e. The molecule has 1 amide bonds. The number of aromatic amines is 1. The summed E-state index contributed by atoms with van der Waals surface area (Å²) in [6, 6.07) is 14.4. The number of hydrogen-bond acceptors (Lipinski definition) is 6. The number of amides is 1. The summed E-state index contributed by atoms with van der Waals surface area (Å²) in [6.07, 6.45) is 1.73. The fraction of sp³-hybridized carbons (Fsp3) is 0.269. The molecule has 0 unspecified atom stereocenters. The number of anilines is 2. The zero-order valence-corrected chi connectivity index (χ0v) is 19.5. The van der Waals surface area contributed by atoms with Gasteiger partial charge in [0.15, 0.2) is 0 Å². The van der Waals surface area contributed by atoms with Gasteiger partial charge >= 0.3 is 0 Å². The van der Waals surface area contributed by atoms with Crippen molar-refractivity contribution >= 4 is 28.6 Å². The molecule has 35 heavy (non-hydrogen) atoms. The van der Waals surface area contributed by atoms with Crippen LogP contribution in [0, 0.1) is 12.7 Å². The molecular formula is C26H27FN6O2. The van der Waals surface area contributed by atoms with Gasteiger partial charge in [0.2, 0.25) is 5.95 Å². The molecule has 4 aromatic rings. The quantitative estimate of drug-likeness (QED) is 0.373. The van der Waals surface area contributed by atoms with Crippen LogP contribution < -0.4 is 10.6 Å². The van der Waals surface area contributed by atoms with Crippen molar-refractivity contribution in [2.45, 2.75) is 20.0 Å². The average molecular weight is 475 g/mol. The van der Waals surface area contributed by atoms with E-state index in [0.29, 0.717) is 43.0 Å². The third-order valence-electron chi connectivity index (χ3n) is 5.97. The van der Waals surface area contributed by atoms with Crippen molar-refractivity contribution in [1.82, 2.24) is 19.9 Å². The van der Waals surface area contributed by atoms with Crippen LogP contribution in [0.1, 0.15) is 27.2 Å². The van der Waals surface area contributed by atoms with Crippen LogP contribution in [-0.4, -0.2) is 52.1 Å². The van der Waals surface area contributed by atoms with Gasteiger partial charge in [-0.1, -0.05) is 30.3 Å². The van der Waals surface area contributed by atoms with Crippen molar-refractivity contribution in [1.29, 1.82) is 0 Å². The lowest BCUT2D eigenvalue weighted by atomic mass is 10.1. The smallest absolute Gasteiger partial charge is 0.258 e. The van der Waals surface area contributed by atoms with Crippen LogP contribution in [0.5, 0.6) is 0 Å². The number of ether oxygens (including phenoxy) is 1. The SMILES string of the molecule is Cc1cc2c(C(=O)Nc3ncc(CN4CCOCC4)c(NCc4ccccc4)n3)cc(F)cc2[nH]1. The molecule has 1 aliphatic rings. The first kappa shape index (κ1) is 22.9. The van der Waals surface area contributed by atoms with Gasteiger partial charge < -0.3 is 15.0 Å². The van der Waals surface area contributed by atoms with Crippen LogP contribution >= 0.6 is 0 Å². The van der Waals surface area contributed by atoms with Crippen molar-refractivity contribution in [3.63, 3.8) is 0 Å². The molecule has 0 saturated carbocycles. The number of nitrogens with zero attached hydrogens (tertiary/aromatic N) is 3. The second-order valence-corrected chi connectivity index (χ2v) is 8.62. The fourth-order valence-electron chi connectivity index (χ4n) is 4.22. The Morgan fingerprint density at radius 3 is 2.77 bits per heavy atom. The summed E-state index contributed by atoms with van der Waals surface area (Å²) in [5, 5.41) is 6.78. The monoisotopic (exact) mass is 474 g/mol. The average Bonchev–Trinajstić information content (AvgIpc) is 3.24. The molecule has 9 heteroatoms. The number of aryl methyl sites for hydroxylation is 1. The second kappa shape index (κ2) is 10.2. The van der Waals surface area contributed by atoms with E-state index in [1.807, 2.05) is 43.3 Å². The van der Waals surface area contributed by atoms with Gasteiger partial charge in [0.1, 0.15) is 11.6 Å². The highest BCUT2D eigenvalue weighted by molar-refractivity contribution is 6.12. The van der Waals surface area contributed by atoms with Crippen LogP contribution in [0.2, 0.25) is 0 Å². The molecule has 0 aliphatic carbocycles. The lowest BCUT2D eigenvalue weighted by Gasteiger charge is -2.27. The zero-order chi connectivity index (χ0) is 24.2. The number of nitrogens with one attached hydrogen (secondary N) is 3. The largest absolute Gasteiger partial charge is 0.379 e. The molecule has 2 aromatic heterocycles. The summed E-state index contributed by atoms with van der Waals surface area (Å²) >= 11 is 0. The van der Waals surface area contributed by atoms with Gasteiger partial charge in [-0.25, -0.2) is 9.37 Å². The van der Waals surface area contributed by atoms with Crippen LogP contribution in [0.4, 0.5) is 16.2 Å². The number of benzene rings is 2. The Hall–Kier alpha value is -3.82. The molecule has 1 aliphatic heterocycles. The van der Waals surface area contributed by atoms with E-state index < -0.39 is 11.7 Å². The van der Waals surface area contributed by atoms with Crippen molar-refractivity contribution < 1.29 is 13.9 Å². The van der Waals surface area contributed by atoms with E-state index in [0.717, 1.165) is 29.9 Å². The lowest BCUT2D eigenvalue weighted by molar-refractivity contribution is 0.0342. The number of morpholine rings is 1. The molecular weight excluding hydrogens is 447 g/mol. The van der Waals surface area contributed by atoms with Gasteiger partial charge in [-0.05, 0) is 30.7 Å². The molecule has 1 saturated heterocycles. The standard InChI is InChI=1S/C26H27FN6O2/c1-17-11-21-22(12-20(27)13-23(21)30-17)25(34)32-26-29-15-19(16-33-7-9-35-10-8-33)24(31-26)28-14-18-5-3-2-4-6-18/h2-6,11-13,15,30H,7-10,14,16H2,1H3,(H2,28,29,31,32,34). The molecule has 180 valence electrons. The molecule has 2 aromatic carbocycles. The van der Waals surface area contributed by atoms with Crippen molar-refractivity contribution in [2.75, 3.05) is 36.9 Å². The highest BCUT2D eigenvalue weighted by Crippen LogP contribution is 2.23. The van der Waals surface area contributed by atoms with E-state index in [1.54, 1.807) is 6.20 Å². The third kappa shape index (κ3) is 5.47. The van der Waals surface area contributed by atoms with E-state index in [9.17, 15) is 9.18 Å².